The monoisotopic (exact) mass is 275 g/mol. The van der Waals surface area contributed by atoms with Gasteiger partial charge in [0.05, 0.1) is 10.2 Å². The van der Waals surface area contributed by atoms with E-state index in [4.69, 9.17) is 5.11 Å². The minimum Gasteiger partial charge on any atom is -0.478 e. The van der Waals surface area contributed by atoms with E-state index < -0.39 is 17.3 Å². The summed E-state index contributed by atoms with van der Waals surface area (Å²) in [5.74, 6) is -2.62. The molecule has 0 aliphatic carbocycles. The van der Waals surface area contributed by atoms with Crippen LogP contribution in [0.25, 0.3) is 0 Å². The number of benzene rings is 1. The molecule has 1 rings (SSSR count). The van der Waals surface area contributed by atoms with Crippen LogP contribution in [-0.2, 0) is 4.79 Å². The zero-order valence-corrected chi connectivity index (χ0v) is 9.26. The van der Waals surface area contributed by atoms with Crippen LogP contribution in [0.2, 0.25) is 0 Å². The molecule has 0 unspecified atom stereocenters. The predicted octanol–water partition coefficient (Wildman–Crippen LogP) is 2.24. The second kappa shape index (κ2) is 4.39. The molecule has 0 saturated heterocycles. The summed E-state index contributed by atoms with van der Waals surface area (Å²) < 4.78 is 13.1. The van der Waals surface area contributed by atoms with Gasteiger partial charge in [-0.25, -0.2) is 9.18 Å². The molecule has 80 valence electrons. The lowest BCUT2D eigenvalue weighted by molar-refractivity contribution is -0.114. The second-order valence-corrected chi connectivity index (χ2v) is 3.56. The molecule has 1 amide bonds. The number of carbonyl (C=O) groups is 2. The summed E-state index contributed by atoms with van der Waals surface area (Å²) in [5.41, 5.74) is -0.275. The minimum atomic E-state index is -1.40. The largest absolute Gasteiger partial charge is 0.478 e. The quantitative estimate of drug-likeness (QED) is 0.870. The first kappa shape index (κ1) is 11.6. The van der Waals surface area contributed by atoms with E-state index in [0.717, 1.165) is 6.07 Å². The van der Waals surface area contributed by atoms with Crippen molar-refractivity contribution < 1.29 is 19.1 Å². The number of hydrogen-bond acceptors (Lipinski definition) is 2. The van der Waals surface area contributed by atoms with E-state index in [1.165, 1.54) is 13.0 Å². The van der Waals surface area contributed by atoms with Crippen LogP contribution < -0.4 is 5.32 Å². The van der Waals surface area contributed by atoms with Gasteiger partial charge < -0.3 is 10.4 Å². The van der Waals surface area contributed by atoms with Crippen LogP contribution in [-0.4, -0.2) is 17.0 Å². The number of nitrogens with one attached hydrogen (secondary N) is 1. The lowest BCUT2D eigenvalue weighted by atomic mass is 10.2. The zero-order valence-electron chi connectivity index (χ0n) is 7.67. The summed E-state index contributed by atoms with van der Waals surface area (Å²) in [6.07, 6.45) is 0. The Morgan fingerprint density at radius 2 is 2.07 bits per heavy atom. The van der Waals surface area contributed by atoms with E-state index in [0.29, 0.717) is 0 Å². The molecule has 4 nitrogen and oxygen atoms in total. The fraction of sp³-hybridized carbons (Fsp3) is 0.111. The minimum absolute atomic E-state index is 0.0187. The first-order valence-electron chi connectivity index (χ1n) is 3.92. The molecule has 0 atom stereocenters. The second-order valence-electron chi connectivity index (χ2n) is 2.77. The number of amides is 1. The van der Waals surface area contributed by atoms with Crippen molar-refractivity contribution in [2.75, 3.05) is 5.32 Å². The van der Waals surface area contributed by atoms with Gasteiger partial charge in [-0.15, -0.1) is 0 Å². The third kappa shape index (κ3) is 2.53. The molecule has 0 aliphatic rings. The van der Waals surface area contributed by atoms with Gasteiger partial charge in [-0.3, -0.25) is 4.79 Å². The normalized spacial score (nSPS) is 9.80. The highest BCUT2D eigenvalue weighted by Crippen LogP contribution is 2.28. The topological polar surface area (TPSA) is 66.4 Å². The number of carboxylic acids is 1. The van der Waals surface area contributed by atoms with Crippen molar-refractivity contribution in [3.8, 4) is 0 Å². The molecule has 0 aliphatic heterocycles. The summed E-state index contributed by atoms with van der Waals surface area (Å²) in [4.78, 5) is 21.5. The number of carboxylic acid groups (broad SMARTS) is 1. The number of rotatable bonds is 2. The van der Waals surface area contributed by atoms with E-state index in [1.807, 2.05) is 0 Å². The van der Waals surface area contributed by atoms with Crippen LogP contribution >= 0.6 is 15.9 Å². The average Bonchev–Trinajstić information content (AvgIpc) is 2.09. The highest BCUT2D eigenvalue weighted by Gasteiger charge is 2.17. The Hall–Kier alpha value is -1.43. The van der Waals surface area contributed by atoms with Crippen LogP contribution in [0.1, 0.15) is 17.3 Å². The Bertz CT molecular complexity index is 434. The fourth-order valence-electron chi connectivity index (χ4n) is 1.03. The average molecular weight is 276 g/mol. The highest BCUT2D eigenvalue weighted by atomic mass is 79.9. The van der Waals surface area contributed by atoms with E-state index >= 15 is 0 Å². The molecule has 0 saturated carbocycles. The van der Waals surface area contributed by atoms with Crippen molar-refractivity contribution >= 4 is 33.5 Å². The van der Waals surface area contributed by atoms with Gasteiger partial charge >= 0.3 is 5.97 Å². The zero-order chi connectivity index (χ0) is 11.6. The summed E-state index contributed by atoms with van der Waals surface area (Å²) in [7, 11) is 0. The molecular weight excluding hydrogens is 269 g/mol. The third-order valence-electron chi connectivity index (χ3n) is 1.62. The number of hydrogen-bond donors (Lipinski definition) is 2. The number of aromatic carboxylic acids is 1. The number of anilines is 1. The van der Waals surface area contributed by atoms with Gasteiger partial charge in [0.15, 0.2) is 0 Å². The van der Waals surface area contributed by atoms with Crippen LogP contribution in [0.15, 0.2) is 16.6 Å². The first-order valence-corrected chi connectivity index (χ1v) is 4.71. The van der Waals surface area contributed by atoms with E-state index in [1.54, 1.807) is 0 Å². The molecule has 0 spiro atoms. The Kier molecular flexibility index (Phi) is 3.41. The van der Waals surface area contributed by atoms with Crippen molar-refractivity contribution in [3.05, 3.63) is 28.0 Å². The van der Waals surface area contributed by atoms with Crippen molar-refractivity contribution in [2.24, 2.45) is 0 Å². The van der Waals surface area contributed by atoms with E-state index in [2.05, 4.69) is 21.2 Å². The molecule has 0 fully saturated rings. The first-order chi connectivity index (χ1) is 6.93. The standard InChI is InChI=1S/C9H7BrFNO3/c1-4(13)12-6-3-2-5(11)7(8(6)10)9(14)15/h2-3H,1H3,(H,12,13)(H,14,15). The summed E-state index contributed by atoms with van der Waals surface area (Å²) in [6, 6.07) is 2.27. The van der Waals surface area contributed by atoms with Gasteiger partial charge in [-0.1, -0.05) is 0 Å². The van der Waals surface area contributed by atoms with Crippen molar-refractivity contribution in [1.29, 1.82) is 0 Å². The van der Waals surface area contributed by atoms with Gasteiger partial charge in [-0.2, -0.15) is 0 Å². The Balaban J connectivity index is 3.28. The Morgan fingerprint density at radius 3 is 2.53 bits per heavy atom. The molecule has 0 radical (unpaired) electrons. The smallest absolute Gasteiger partial charge is 0.339 e. The summed E-state index contributed by atoms with van der Waals surface area (Å²) in [6.45, 7) is 1.27. The van der Waals surface area contributed by atoms with Crippen LogP contribution in [0.3, 0.4) is 0 Å². The number of carbonyl (C=O) groups excluding carboxylic acids is 1. The van der Waals surface area contributed by atoms with Crippen LogP contribution in [0, 0.1) is 5.82 Å². The maximum absolute atomic E-state index is 13.1. The predicted molar refractivity (Wildman–Crippen MR) is 55.4 cm³/mol. The van der Waals surface area contributed by atoms with Crippen molar-refractivity contribution in [1.82, 2.24) is 0 Å². The van der Waals surface area contributed by atoms with Gasteiger partial charge in [0.25, 0.3) is 0 Å². The summed E-state index contributed by atoms with van der Waals surface area (Å²) in [5, 5.41) is 11.1. The third-order valence-corrected chi connectivity index (χ3v) is 2.44. The van der Waals surface area contributed by atoms with Gasteiger partial charge in [-0.05, 0) is 28.1 Å². The lowest BCUT2D eigenvalue weighted by Gasteiger charge is -2.08. The maximum atomic E-state index is 13.1. The molecule has 0 aromatic heterocycles. The van der Waals surface area contributed by atoms with E-state index in [-0.39, 0.29) is 16.1 Å². The Labute approximate surface area is 93.2 Å². The molecule has 0 heterocycles. The van der Waals surface area contributed by atoms with Crippen LogP contribution in [0.4, 0.5) is 10.1 Å². The molecule has 2 N–H and O–H groups in total. The Morgan fingerprint density at radius 1 is 1.47 bits per heavy atom. The van der Waals surface area contributed by atoms with Crippen molar-refractivity contribution in [2.45, 2.75) is 6.92 Å². The molecule has 1 aromatic carbocycles. The van der Waals surface area contributed by atoms with Gasteiger partial charge in [0.2, 0.25) is 5.91 Å². The summed E-state index contributed by atoms with van der Waals surface area (Å²) >= 11 is 2.93. The molecular formula is C9H7BrFNO3. The van der Waals surface area contributed by atoms with Crippen LogP contribution in [0.5, 0.6) is 0 Å². The van der Waals surface area contributed by atoms with E-state index in [9.17, 15) is 14.0 Å². The van der Waals surface area contributed by atoms with Gasteiger partial charge in [0, 0.05) is 6.92 Å². The fourth-order valence-corrected chi connectivity index (χ4v) is 1.63. The SMILES string of the molecule is CC(=O)Nc1ccc(F)c(C(=O)O)c1Br. The lowest BCUT2D eigenvalue weighted by Crippen LogP contribution is -2.09. The molecule has 1 aromatic rings. The molecule has 0 bridgehead atoms. The number of halogens is 2. The molecule has 6 heteroatoms. The highest BCUT2D eigenvalue weighted by molar-refractivity contribution is 9.10. The maximum Gasteiger partial charge on any atom is 0.339 e. The molecule has 15 heavy (non-hydrogen) atoms. The van der Waals surface area contributed by atoms with Crippen molar-refractivity contribution in [3.63, 3.8) is 0 Å². The van der Waals surface area contributed by atoms with Gasteiger partial charge in [0.1, 0.15) is 11.4 Å².